The number of hydrogen-bond acceptors (Lipinski definition) is 10. The molecule has 4 amide bonds. The average Bonchev–Trinajstić information content (AvgIpc) is 3.84. The third kappa shape index (κ3) is 8.78. The third-order valence-corrected chi connectivity index (χ3v) is 12.8. The molecule has 9 rings (SSSR count). The van der Waals surface area contributed by atoms with E-state index < -0.39 is 11.7 Å². The number of alkyl halides is 2. The van der Waals surface area contributed by atoms with Crippen LogP contribution < -0.4 is 19.7 Å². The summed E-state index contributed by atoms with van der Waals surface area (Å²) in [5, 5.41) is 2.92. The molecule has 1 unspecified atom stereocenters. The highest BCUT2D eigenvalue weighted by atomic mass is 19.3. The number of hydrogen-bond donors (Lipinski definition) is 1. The SMILES string of the molecule is C=CC(C)N1CCN(c2ccc(CCC(=O)N3CC(OC4CCN(C(=O)c5cccc(-c6nc(NC(=O)C7(c8ccc9c(c8)OC(F)(F)O9)CC7)ccc6C)c5)CC4)C3)o2)C(=O)C1. The summed E-state index contributed by atoms with van der Waals surface area (Å²) >= 11 is 0. The number of aryl methyl sites for hydroxylation is 2. The van der Waals surface area contributed by atoms with Crippen LogP contribution in [0, 0.1) is 6.92 Å². The van der Waals surface area contributed by atoms with E-state index in [-0.39, 0.29) is 53.4 Å². The van der Waals surface area contributed by atoms with Crippen molar-refractivity contribution in [3.8, 4) is 22.8 Å². The number of pyridine rings is 1. The highest BCUT2D eigenvalue weighted by Gasteiger charge is 2.53. The summed E-state index contributed by atoms with van der Waals surface area (Å²) in [7, 11) is 0. The molecule has 14 nitrogen and oxygen atoms in total. The van der Waals surface area contributed by atoms with Gasteiger partial charge in [-0.25, -0.2) is 4.98 Å². The number of ether oxygens (including phenoxy) is 3. The average molecular weight is 865 g/mol. The van der Waals surface area contributed by atoms with E-state index in [9.17, 15) is 28.0 Å². The number of benzene rings is 2. The minimum Gasteiger partial charge on any atom is -0.445 e. The standard InChI is InChI=1S/C47H50F2N6O8/c1-4-30(3)53-22-23-55(41(57)28-53)42-15-11-34(61-42)10-14-40(56)54-26-36(27-54)60-35-16-20-52(21-17-35)44(58)32-7-5-6-31(24-32)43-29(2)8-13-39(50-43)51-45(59)46(18-19-46)33-9-12-37-38(25-33)63-47(48,49)62-37/h4-9,11-13,15,24-25,30,35-36H,1,10,14,16-23,26-28H2,2-3H3,(H,50,51,59). The molecule has 4 aromatic rings. The summed E-state index contributed by atoms with van der Waals surface area (Å²) in [6.45, 7) is 11.4. The zero-order valence-corrected chi connectivity index (χ0v) is 35.3. The summed E-state index contributed by atoms with van der Waals surface area (Å²) in [4.78, 5) is 65.2. The quantitative estimate of drug-likeness (QED) is 0.151. The summed E-state index contributed by atoms with van der Waals surface area (Å²) in [6.07, 6.45) is 1.22. The number of amides is 4. The molecule has 1 atom stereocenters. The van der Waals surface area contributed by atoms with E-state index in [1.165, 1.54) is 12.1 Å². The smallest absolute Gasteiger partial charge is 0.445 e. The van der Waals surface area contributed by atoms with Gasteiger partial charge in [0.25, 0.3) is 5.91 Å². The normalized spacial score (nSPS) is 20.0. The monoisotopic (exact) mass is 864 g/mol. The number of likely N-dealkylation sites (tertiary alicyclic amines) is 2. The molecule has 330 valence electrons. The molecule has 1 aliphatic carbocycles. The Labute approximate surface area is 363 Å². The second-order valence-electron chi connectivity index (χ2n) is 17.1. The van der Waals surface area contributed by atoms with Gasteiger partial charge in [-0.2, -0.15) is 0 Å². The van der Waals surface area contributed by atoms with E-state index in [1.807, 2.05) is 55.2 Å². The second kappa shape index (κ2) is 16.9. The number of piperazine rings is 1. The lowest BCUT2D eigenvalue weighted by Gasteiger charge is -2.42. The first-order valence-electron chi connectivity index (χ1n) is 21.6. The number of halogens is 2. The molecule has 1 saturated carbocycles. The van der Waals surface area contributed by atoms with Crippen molar-refractivity contribution < 1.29 is 46.6 Å². The van der Waals surface area contributed by atoms with Crippen LogP contribution in [0.3, 0.4) is 0 Å². The van der Waals surface area contributed by atoms with Gasteiger partial charge in [-0.3, -0.25) is 29.0 Å². The van der Waals surface area contributed by atoms with E-state index in [4.69, 9.17) is 14.1 Å². The summed E-state index contributed by atoms with van der Waals surface area (Å²) in [5.74, 6) is 0.941. The molecule has 1 N–H and O–H groups in total. The van der Waals surface area contributed by atoms with Gasteiger partial charge in [0.1, 0.15) is 11.6 Å². The summed E-state index contributed by atoms with van der Waals surface area (Å²) < 4.78 is 48.7. The van der Waals surface area contributed by atoms with Gasteiger partial charge in [0.2, 0.25) is 23.6 Å². The zero-order valence-electron chi connectivity index (χ0n) is 35.3. The fraction of sp³-hybridized carbons (Fsp3) is 0.426. The van der Waals surface area contributed by atoms with Crippen LogP contribution in [0.25, 0.3) is 11.3 Å². The van der Waals surface area contributed by atoms with Crippen molar-refractivity contribution in [3.63, 3.8) is 0 Å². The summed E-state index contributed by atoms with van der Waals surface area (Å²) in [6, 6.07) is 19.0. The Balaban J connectivity index is 0.725. The van der Waals surface area contributed by atoms with Gasteiger partial charge in [-0.15, -0.1) is 15.4 Å². The highest BCUT2D eigenvalue weighted by Crippen LogP contribution is 2.52. The van der Waals surface area contributed by atoms with E-state index in [0.29, 0.717) is 112 Å². The van der Waals surface area contributed by atoms with Crippen molar-refractivity contribution in [1.82, 2.24) is 19.7 Å². The maximum atomic E-state index is 13.7. The first kappa shape index (κ1) is 42.2. The van der Waals surface area contributed by atoms with Crippen LogP contribution in [0.1, 0.15) is 66.3 Å². The van der Waals surface area contributed by atoms with Crippen LogP contribution in [0.2, 0.25) is 0 Å². The van der Waals surface area contributed by atoms with E-state index in [1.54, 1.807) is 34.1 Å². The molecule has 0 bridgehead atoms. The van der Waals surface area contributed by atoms with Crippen molar-refractivity contribution in [2.24, 2.45) is 0 Å². The van der Waals surface area contributed by atoms with Crippen LogP contribution >= 0.6 is 0 Å². The largest absolute Gasteiger partial charge is 0.586 e. The van der Waals surface area contributed by atoms with Crippen molar-refractivity contribution in [2.75, 3.05) is 56.0 Å². The molecule has 3 saturated heterocycles. The van der Waals surface area contributed by atoms with Crippen LogP contribution in [-0.4, -0.2) is 114 Å². The van der Waals surface area contributed by atoms with Crippen molar-refractivity contribution in [2.45, 2.75) is 82.3 Å². The molecule has 0 radical (unpaired) electrons. The number of carbonyl (C=O) groups excluding carboxylic acids is 4. The first-order valence-corrected chi connectivity index (χ1v) is 21.6. The third-order valence-electron chi connectivity index (χ3n) is 12.8. The maximum absolute atomic E-state index is 13.7. The number of nitrogens with zero attached hydrogens (tertiary/aromatic N) is 5. The molecule has 63 heavy (non-hydrogen) atoms. The molecule has 4 fully saturated rings. The Hall–Kier alpha value is -6.13. The van der Waals surface area contributed by atoms with Gasteiger partial charge in [0.05, 0.1) is 29.9 Å². The number of carbonyl (C=O) groups is 4. The predicted octanol–water partition coefficient (Wildman–Crippen LogP) is 6.33. The Bertz CT molecular complexity index is 2440. The number of fused-ring (bicyclic) bond motifs is 1. The van der Waals surface area contributed by atoms with Gasteiger partial charge in [0, 0.05) is 75.3 Å². The Morgan fingerprint density at radius 2 is 1.73 bits per heavy atom. The van der Waals surface area contributed by atoms with Gasteiger partial charge < -0.3 is 33.7 Å². The second-order valence-corrected chi connectivity index (χ2v) is 17.1. The minimum atomic E-state index is -3.75. The van der Waals surface area contributed by atoms with Gasteiger partial charge >= 0.3 is 6.29 Å². The molecule has 16 heteroatoms. The molecular formula is C47H50F2N6O8. The first-order chi connectivity index (χ1) is 30.3. The number of furan rings is 1. The Kier molecular flexibility index (Phi) is 11.3. The Morgan fingerprint density at radius 3 is 2.48 bits per heavy atom. The number of piperidine rings is 1. The highest BCUT2D eigenvalue weighted by molar-refractivity contribution is 6.01. The lowest BCUT2D eigenvalue weighted by molar-refractivity contribution is -0.286. The molecular weight excluding hydrogens is 815 g/mol. The number of aromatic nitrogens is 1. The fourth-order valence-electron chi connectivity index (χ4n) is 8.78. The van der Waals surface area contributed by atoms with Crippen LogP contribution in [0.5, 0.6) is 11.5 Å². The molecule has 0 spiro atoms. The Morgan fingerprint density at radius 1 is 0.952 bits per heavy atom. The van der Waals surface area contributed by atoms with Gasteiger partial charge in [-0.1, -0.05) is 30.3 Å². The lowest BCUT2D eigenvalue weighted by Crippen LogP contribution is -2.56. The van der Waals surface area contributed by atoms with Crippen LogP contribution in [-0.2, 0) is 31.0 Å². The number of rotatable bonds is 13. The van der Waals surface area contributed by atoms with Crippen LogP contribution in [0.4, 0.5) is 20.5 Å². The molecule has 5 aliphatic rings. The van der Waals surface area contributed by atoms with E-state index >= 15 is 0 Å². The predicted molar refractivity (Wildman–Crippen MR) is 228 cm³/mol. The van der Waals surface area contributed by atoms with Crippen LogP contribution in [0.15, 0.2) is 83.8 Å². The van der Waals surface area contributed by atoms with E-state index in [0.717, 1.165) is 17.7 Å². The lowest BCUT2D eigenvalue weighted by atomic mass is 9.94. The van der Waals surface area contributed by atoms with Crippen molar-refractivity contribution in [1.29, 1.82) is 0 Å². The number of anilines is 2. The fourth-order valence-corrected chi connectivity index (χ4v) is 8.78. The molecule has 2 aromatic heterocycles. The zero-order chi connectivity index (χ0) is 44.0. The van der Waals surface area contributed by atoms with Gasteiger partial charge in [-0.05, 0) is 87.1 Å². The minimum absolute atomic E-state index is 0.0110. The van der Waals surface area contributed by atoms with E-state index in [2.05, 4.69) is 26.3 Å². The van der Waals surface area contributed by atoms with Crippen molar-refractivity contribution >= 4 is 35.3 Å². The summed E-state index contributed by atoms with van der Waals surface area (Å²) in [5.41, 5.74) is 2.38. The number of nitrogens with one attached hydrogen (secondary N) is 1. The van der Waals surface area contributed by atoms with Gasteiger partial charge in [0.15, 0.2) is 11.5 Å². The maximum Gasteiger partial charge on any atom is 0.586 e. The molecule has 6 heterocycles. The van der Waals surface area contributed by atoms with Crippen molar-refractivity contribution in [3.05, 3.63) is 102 Å². The molecule has 4 aliphatic heterocycles. The topological polar surface area (TPSA) is 147 Å². The molecule has 2 aromatic carbocycles.